The molecule has 0 heterocycles. The van der Waals surface area contributed by atoms with E-state index in [1.807, 2.05) is 0 Å². The molecule has 0 N–H and O–H groups in total. The third-order valence-corrected chi connectivity index (χ3v) is 13.6. The Morgan fingerprint density at radius 1 is 0.630 bits per heavy atom. The Morgan fingerprint density at radius 2 is 1.22 bits per heavy atom. The Kier molecular flexibility index (Phi) is 4.42. The van der Waals surface area contributed by atoms with Gasteiger partial charge in [-0.1, -0.05) is 0 Å². The number of fused-ring (bicyclic) bond motifs is 3. The molecule has 1 unspecified atom stereocenters. The maximum atomic E-state index is 2.45. The van der Waals surface area contributed by atoms with E-state index in [1.54, 1.807) is 6.54 Å². The van der Waals surface area contributed by atoms with Gasteiger partial charge in [-0.3, -0.25) is 0 Å². The van der Waals surface area contributed by atoms with Crippen LogP contribution in [0.25, 0.3) is 16.8 Å². The molecule has 0 fully saturated rings. The van der Waals surface area contributed by atoms with Crippen LogP contribution in [0.1, 0.15) is 21.7 Å². The van der Waals surface area contributed by atoms with Crippen LogP contribution in [0.4, 0.5) is 0 Å². The van der Waals surface area contributed by atoms with Crippen molar-refractivity contribution in [1.29, 1.82) is 0 Å². The van der Waals surface area contributed by atoms with Crippen LogP contribution in [0.5, 0.6) is 0 Å². The first-order valence-corrected chi connectivity index (χ1v) is 13.4. The summed E-state index contributed by atoms with van der Waals surface area (Å²) in [5.41, 5.74) is 4.51. The maximum absolute atomic E-state index is 2.45. The molecule has 1 heteroatoms. The van der Waals surface area contributed by atoms with Crippen molar-refractivity contribution in [2.75, 3.05) is 0 Å². The average molecular weight is 425 g/mol. The van der Waals surface area contributed by atoms with Crippen LogP contribution in [0.3, 0.4) is 0 Å². The van der Waals surface area contributed by atoms with Crippen molar-refractivity contribution < 1.29 is 21.8 Å². The first-order chi connectivity index (χ1) is 13.3. The predicted octanol–water partition coefficient (Wildman–Crippen LogP) is 5.57. The van der Waals surface area contributed by atoms with Crippen LogP contribution < -0.4 is 6.54 Å². The molecule has 129 valence electrons. The molecular formula is C26H21Zr. The summed E-state index contributed by atoms with van der Waals surface area (Å²) in [6.07, 6.45) is 2.45. The van der Waals surface area contributed by atoms with Crippen LogP contribution in [-0.2, 0) is 21.8 Å². The van der Waals surface area contributed by atoms with Gasteiger partial charge in [-0.2, -0.15) is 0 Å². The minimum atomic E-state index is -2.18. The van der Waals surface area contributed by atoms with Gasteiger partial charge in [0.05, 0.1) is 0 Å². The molecular weight excluding hydrogens is 404 g/mol. The predicted molar refractivity (Wildman–Crippen MR) is 112 cm³/mol. The van der Waals surface area contributed by atoms with Gasteiger partial charge in [-0.15, -0.1) is 0 Å². The molecule has 5 rings (SSSR count). The number of hydrogen-bond donors (Lipinski definition) is 0. The molecule has 0 bridgehead atoms. The van der Waals surface area contributed by atoms with E-state index in [2.05, 4.69) is 110 Å². The van der Waals surface area contributed by atoms with E-state index in [9.17, 15) is 0 Å². The van der Waals surface area contributed by atoms with Crippen molar-refractivity contribution in [1.82, 2.24) is 0 Å². The van der Waals surface area contributed by atoms with Crippen LogP contribution >= 0.6 is 0 Å². The van der Waals surface area contributed by atoms with Gasteiger partial charge in [0.2, 0.25) is 0 Å². The molecule has 0 aliphatic heterocycles. The van der Waals surface area contributed by atoms with Gasteiger partial charge >= 0.3 is 169 Å². The zero-order valence-corrected chi connectivity index (χ0v) is 17.9. The van der Waals surface area contributed by atoms with Crippen LogP contribution in [-0.4, -0.2) is 0 Å². The Labute approximate surface area is 168 Å². The third kappa shape index (κ3) is 2.95. The normalized spacial score (nSPS) is 15.4. The zero-order valence-electron chi connectivity index (χ0n) is 15.4. The van der Waals surface area contributed by atoms with Gasteiger partial charge in [0, 0.05) is 0 Å². The van der Waals surface area contributed by atoms with Crippen molar-refractivity contribution in [2.45, 2.75) is 10.5 Å². The summed E-state index contributed by atoms with van der Waals surface area (Å²) in [5.74, 6) is 0. The fourth-order valence-electron chi connectivity index (χ4n) is 4.40. The Bertz CT molecular complexity index is 1090. The van der Waals surface area contributed by atoms with Gasteiger partial charge in [-0.25, -0.2) is 0 Å². The van der Waals surface area contributed by atoms with E-state index < -0.39 is 21.8 Å². The summed E-state index contributed by atoms with van der Waals surface area (Å²) < 4.78 is 3.71. The minimum absolute atomic E-state index is 0.566. The molecule has 27 heavy (non-hydrogen) atoms. The standard InChI is InChI=1S/C14H11.2C6H5.Zr/c1-10-8-12-7-6-11-4-2-3-5-13(11)14(12)9-10;2*1-2-4-6-5-3-1;/h2-9H,1H3;2*1-5H;. The quantitative estimate of drug-likeness (QED) is 0.403. The Morgan fingerprint density at radius 3 is 1.89 bits per heavy atom. The molecule has 1 atom stereocenters. The van der Waals surface area contributed by atoms with Crippen LogP contribution in [0.15, 0.2) is 103 Å². The fraction of sp³-hybridized carbons (Fsp3) is 0.0769. The summed E-state index contributed by atoms with van der Waals surface area (Å²) in [6.45, 7) is 2.34. The topological polar surface area (TPSA) is 0 Å². The Balaban J connectivity index is 1.73. The molecule has 4 aromatic carbocycles. The van der Waals surface area contributed by atoms with E-state index in [4.69, 9.17) is 0 Å². The fourth-order valence-corrected chi connectivity index (χ4v) is 12.3. The summed E-state index contributed by atoms with van der Waals surface area (Å²) >= 11 is -2.18. The van der Waals surface area contributed by atoms with E-state index in [0.717, 1.165) is 0 Å². The Hall–Kier alpha value is -2.24. The average Bonchev–Trinajstić information content (AvgIpc) is 3.06. The van der Waals surface area contributed by atoms with Gasteiger partial charge in [0.1, 0.15) is 0 Å². The molecule has 0 aromatic heterocycles. The van der Waals surface area contributed by atoms with E-state index in [-0.39, 0.29) is 0 Å². The summed E-state index contributed by atoms with van der Waals surface area (Å²) in [7, 11) is 0. The molecule has 0 amide bonds. The number of benzene rings is 4. The van der Waals surface area contributed by atoms with E-state index in [0.29, 0.717) is 3.63 Å². The van der Waals surface area contributed by atoms with Crippen LogP contribution in [0, 0.1) is 0 Å². The molecule has 1 aliphatic carbocycles. The molecule has 1 aliphatic rings. The van der Waals surface area contributed by atoms with Crippen molar-refractivity contribution in [3.8, 4) is 0 Å². The first-order valence-electron chi connectivity index (χ1n) is 9.50. The monoisotopic (exact) mass is 423 g/mol. The molecule has 0 saturated carbocycles. The summed E-state index contributed by atoms with van der Waals surface area (Å²) in [4.78, 5) is 0. The molecule has 4 aromatic rings. The van der Waals surface area contributed by atoms with Crippen molar-refractivity contribution in [3.05, 3.63) is 114 Å². The molecule has 0 saturated heterocycles. The van der Waals surface area contributed by atoms with Crippen molar-refractivity contribution in [2.24, 2.45) is 0 Å². The van der Waals surface area contributed by atoms with Crippen molar-refractivity contribution in [3.63, 3.8) is 0 Å². The van der Waals surface area contributed by atoms with Crippen molar-refractivity contribution >= 4 is 23.4 Å². The molecule has 0 spiro atoms. The number of hydrogen-bond acceptors (Lipinski definition) is 0. The number of allylic oxidation sites excluding steroid dienone is 1. The van der Waals surface area contributed by atoms with Crippen LogP contribution in [0.2, 0.25) is 0 Å². The SMILES string of the molecule is CC1=Cc2c(ccc3ccccc23)[CH]1[Zr]([c]1ccccc1)[c]1ccccc1. The third-order valence-electron chi connectivity index (χ3n) is 5.60. The van der Waals surface area contributed by atoms with Gasteiger partial charge in [0.15, 0.2) is 0 Å². The second-order valence-corrected chi connectivity index (χ2v) is 13.5. The summed E-state index contributed by atoms with van der Waals surface area (Å²) in [6, 6.07) is 36.0. The first kappa shape index (κ1) is 16.9. The second-order valence-electron chi connectivity index (χ2n) is 7.26. The van der Waals surface area contributed by atoms with Gasteiger partial charge in [-0.05, 0) is 0 Å². The molecule has 0 radical (unpaired) electrons. The summed E-state index contributed by atoms with van der Waals surface area (Å²) in [5, 5.41) is 2.73. The molecule has 0 nitrogen and oxygen atoms in total. The second kappa shape index (κ2) is 7.06. The van der Waals surface area contributed by atoms with Gasteiger partial charge < -0.3 is 0 Å². The van der Waals surface area contributed by atoms with Gasteiger partial charge in [0.25, 0.3) is 0 Å². The number of rotatable bonds is 3. The van der Waals surface area contributed by atoms with E-state index >= 15 is 0 Å². The van der Waals surface area contributed by atoms with E-state index in [1.165, 1.54) is 27.5 Å². The zero-order chi connectivity index (χ0) is 18.2.